The molecule has 3 rings (SSSR count). The lowest BCUT2D eigenvalue weighted by Gasteiger charge is -2.22. The van der Waals surface area contributed by atoms with Crippen molar-refractivity contribution in [3.8, 4) is 5.75 Å². The van der Waals surface area contributed by atoms with Crippen molar-refractivity contribution in [2.24, 2.45) is 11.8 Å². The Kier molecular flexibility index (Phi) is 4.19. The van der Waals surface area contributed by atoms with Crippen LogP contribution in [-0.4, -0.2) is 32.8 Å². The van der Waals surface area contributed by atoms with Crippen LogP contribution < -0.4 is 9.46 Å². The van der Waals surface area contributed by atoms with Crippen LogP contribution in [0.3, 0.4) is 0 Å². The van der Waals surface area contributed by atoms with Crippen molar-refractivity contribution in [3.63, 3.8) is 0 Å². The number of sulfonamides is 1. The maximum absolute atomic E-state index is 12.4. The summed E-state index contributed by atoms with van der Waals surface area (Å²) in [5, 5.41) is 8.69. The van der Waals surface area contributed by atoms with Gasteiger partial charge in [-0.05, 0) is 55.4 Å². The van der Waals surface area contributed by atoms with Gasteiger partial charge in [0.1, 0.15) is 12.4 Å². The fraction of sp³-hybridized carbons (Fsp3) is 0.600. The highest BCUT2D eigenvalue weighted by atomic mass is 32.2. The number of rotatable bonds is 6. The minimum Gasteiger partial charge on any atom is -0.491 e. The van der Waals surface area contributed by atoms with Crippen molar-refractivity contribution in [2.45, 2.75) is 36.6 Å². The molecule has 0 saturated heterocycles. The largest absolute Gasteiger partial charge is 0.491 e. The second kappa shape index (κ2) is 5.94. The van der Waals surface area contributed by atoms with Crippen LogP contribution in [0.15, 0.2) is 29.2 Å². The summed E-state index contributed by atoms with van der Waals surface area (Å²) in [6, 6.07) is 6.42. The number of benzene rings is 1. The zero-order chi connectivity index (χ0) is 14.9. The molecule has 116 valence electrons. The lowest BCUT2D eigenvalue weighted by Crippen LogP contribution is -2.38. The molecule has 3 atom stereocenters. The summed E-state index contributed by atoms with van der Waals surface area (Å²) in [4.78, 5) is 0.265. The Labute approximate surface area is 125 Å². The van der Waals surface area contributed by atoms with Gasteiger partial charge in [0.25, 0.3) is 0 Å². The first-order chi connectivity index (χ1) is 10.1. The molecule has 1 aromatic rings. The third kappa shape index (κ3) is 3.22. The molecule has 0 spiro atoms. The lowest BCUT2D eigenvalue weighted by atomic mass is 9.96. The number of nitrogens with one attached hydrogen (secondary N) is 1. The van der Waals surface area contributed by atoms with Gasteiger partial charge in [-0.2, -0.15) is 0 Å². The number of hydrogen-bond donors (Lipinski definition) is 2. The first kappa shape index (κ1) is 14.8. The SMILES string of the molecule is O=S(=O)(NC1CC2CCC1C2)c1ccc(OCCO)cc1. The fourth-order valence-corrected chi connectivity index (χ4v) is 4.85. The second-order valence-electron chi connectivity index (χ2n) is 5.95. The van der Waals surface area contributed by atoms with Crippen molar-refractivity contribution in [3.05, 3.63) is 24.3 Å². The van der Waals surface area contributed by atoms with Gasteiger partial charge in [-0.15, -0.1) is 0 Å². The first-order valence-corrected chi connectivity index (χ1v) is 8.93. The molecule has 21 heavy (non-hydrogen) atoms. The summed E-state index contributed by atoms with van der Waals surface area (Å²) in [5.74, 6) is 1.77. The van der Waals surface area contributed by atoms with E-state index in [0.717, 1.165) is 12.8 Å². The van der Waals surface area contributed by atoms with Crippen LogP contribution in [0.25, 0.3) is 0 Å². The van der Waals surface area contributed by atoms with E-state index in [1.165, 1.54) is 12.8 Å². The average molecular weight is 311 g/mol. The summed E-state index contributed by atoms with van der Waals surface area (Å²) in [7, 11) is -3.46. The van der Waals surface area contributed by atoms with Crippen LogP contribution >= 0.6 is 0 Å². The van der Waals surface area contributed by atoms with E-state index in [9.17, 15) is 8.42 Å². The Morgan fingerprint density at radius 3 is 2.52 bits per heavy atom. The van der Waals surface area contributed by atoms with Gasteiger partial charge < -0.3 is 9.84 Å². The van der Waals surface area contributed by atoms with Gasteiger partial charge >= 0.3 is 0 Å². The molecule has 2 bridgehead atoms. The highest BCUT2D eigenvalue weighted by Crippen LogP contribution is 2.44. The molecule has 2 aliphatic rings. The van der Waals surface area contributed by atoms with Gasteiger partial charge in [0.15, 0.2) is 0 Å². The van der Waals surface area contributed by atoms with E-state index >= 15 is 0 Å². The van der Waals surface area contributed by atoms with E-state index in [0.29, 0.717) is 17.6 Å². The quantitative estimate of drug-likeness (QED) is 0.835. The summed E-state index contributed by atoms with van der Waals surface area (Å²) in [5.41, 5.74) is 0. The molecule has 1 aromatic carbocycles. The van der Waals surface area contributed by atoms with Crippen molar-refractivity contribution in [1.82, 2.24) is 4.72 Å². The molecule has 6 heteroatoms. The Morgan fingerprint density at radius 2 is 1.95 bits per heavy atom. The zero-order valence-electron chi connectivity index (χ0n) is 11.9. The Hall–Kier alpha value is -1.11. The molecule has 0 heterocycles. The van der Waals surface area contributed by atoms with Crippen LogP contribution in [0.5, 0.6) is 5.75 Å². The van der Waals surface area contributed by atoms with Gasteiger partial charge in [-0.3, -0.25) is 0 Å². The maximum atomic E-state index is 12.4. The van der Waals surface area contributed by atoms with Crippen molar-refractivity contribution < 1.29 is 18.3 Å². The van der Waals surface area contributed by atoms with Crippen molar-refractivity contribution in [1.29, 1.82) is 0 Å². The molecule has 0 aliphatic heterocycles. The van der Waals surface area contributed by atoms with Crippen molar-refractivity contribution >= 4 is 10.0 Å². The molecule has 0 amide bonds. The predicted molar refractivity (Wildman–Crippen MR) is 78.6 cm³/mol. The molecule has 2 saturated carbocycles. The highest BCUT2D eigenvalue weighted by Gasteiger charge is 2.41. The van der Waals surface area contributed by atoms with E-state index in [2.05, 4.69) is 4.72 Å². The third-order valence-electron chi connectivity index (χ3n) is 4.54. The summed E-state index contributed by atoms with van der Waals surface area (Å²) in [6.45, 7) is 0.140. The highest BCUT2D eigenvalue weighted by molar-refractivity contribution is 7.89. The van der Waals surface area contributed by atoms with Crippen molar-refractivity contribution in [2.75, 3.05) is 13.2 Å². The number of hydrogen-bond acceptors (Lipinski definition) is 4. The minimum absolute atomic E-state index is 0.0637. The molecule has 3 unspecified atom stereocenters. The molecule has 2 N–H and O–H groups in total. The molecule has 0 aromatic heterocycles. The predicted octanol–water partition coefficient (Wildman–Crippen LogP) is 1.52. The van der Waals surface area contributed by atoms with E-state index in [1.54, 1.807) is 24.3 Å². The molecule has 0 radical (unpaired) electrons. The Balaban J connectivity index is 1.67. The molecular weight excluding hydrogens is 290 g/mol. The van der Waals surface area contributed by atoms with E-state index in [1.807, 2.05) is 0 Å². The maximum Gasteiger partial charge on any atom is 0.240 e. The topological polar surface area (TPSA) is 75.6 Å². The van der Waals surface area contributed by atoms with Crippen LogP contribution in [-0.2, 0) is 10.0 Å². The van der Waals surface area contributed by atoms with Gasteiger partial charge in [0.2, 0.25) is 10.0 Å². The Morgan fingerprint density at radius 1 is 1.19 bits per heavy atom. The first-order valence-electron chi connectivity index (χ1n) is 7.44. The second-order valence-corrected chi connectivity index (χ2v) is 7.66. The summed E-state index contributed by atoms with van der Waals surface area (Å²) < 4.78 is 32.9. The Bertz CT molecular complexity index is 584. The zero-order valence-corrected chi connectivity index (χ0v) is 12.7. The van der Waals surface area contributed by atoms with Gasteiger partial charge in [-0.25, -0.2) is 13.1 Å². The third-order valence-corrected chi connectivity index (χ3v) is 6.04. The van der Waals surface area contributed by atoms with Gasteiger partial charge in [0, 0.05) is 6.04 Å². The molecular formula is C15H21NO4S. The normalized spacial score (nSPS) is 28.0. The molecule has 5 nitrogen and oxygen atoms in total. The van der Waals surface area contributed by atoms with Crippen LogP contribution in [0.2, 0.25) is 0 Å². The number of aliphatic hydroxyl groups is 1. The van der Waals surface area contributed by atoms with E-state index < -0.39 is 10.0 Å². The van der Waals surface area contributed by atoms with E-state index in [4.69, 9.17) is 9.84 Å². The summed E-state index contributed by atoms with van der Waals surface area (Å²) in [6.07, 6.45) is 4.54. The number of ether oxygens (including phenoxy) is 1. The smallest absolute Gasteiger partial charge is 0.240 e. The lowest BCUT2D eigenvalue weighted by molar-refractivity contribution is 0.201. The van der Waals surface area contributed by atoms with E-state index in [-0.39, 0.29) is 24.2 Å². The van der Waals surface area contributed by atoms with Crippen LogP contribution in [0, 0.1) is 11.8 Å². The molecule has 2 aliphatic carbocycles. The monoisotopic (exact) mass is 311 g/mol. The average Bonchev–Trinajstić information content (AvgIpc) is 3.07. The van der Waals surface area contributed by atoms with Crippen LogP contribution in [0.1, 0.15) is 25.7 Å². The summed E-state index contributed by atoms with van der Waals surface area (Å²) >= 11 is 0. The minimum atomic E-state index is -3.46. The number of aliphatic hydroxyl groups excluding tert-OH is 1. The standard InChI is InChI=1S/C15H21NO4S/c17-7-8-20-13-3-5-14(6-4-13)21(18,19)16-15-10-11-1-2-12(15)9-11/h3-6,11-12,15-17H,1-2,7-10H2. The number of fused-ring (bicyclic) bond motifs is 2. The van der Waals surface area contributed by atoms with Gasteiger partial charge in [-0.1, -0.05) is 6.42 Å². The molecule has 2 fully saturated rings. The van der Waals surface area contributed by atoms with Crippen LogP contribution in [0.4, 0.5) is 0 Å². The van der Waals surface area contributed by atoms with Gasteiger partial charge in [0.05, 0.1) is 11.5 Å². The fourth-order valence-electron chi connectivity index (χ4n) is 3.53.